The zero-order chi connectivity index (χ0) is 11.4. The first kappa shape index (κ1) is 12.4. The van der Waals surface area contributed by atoms with Crippen LogP contribution in [-0.4, -0.2) is 22.9 Å². The van der Waals surface area contributed by atoms with Crippen LogP contribution in [0.1, 0.15) is 18.1 Å². The van der Waals surface area contributed by atoms with Crippen molar-refractivity contribution in [3.63, 3.8) is 0 Å². The Bertz CT molecular complexity index is 315. The predicted octanol–water partition coefficient (Wildman–Crippen LogP) is 1.22. The highest BCUT2D eigenvalue weighted by Crippen LogP contribution is 2.23. The largest absolute Gasteiger partial charge is 0.390 e. The zero-order valence-electron chi connectivity index (χ0n) is 8.03. The minimum absolute atomic E-state index is 0.184. The highest BCUT2D eigenvalue weighted by Gasteiger charge is 2.18. The second kappa shape index (κ2) is 5.42. The van der Waals surface area contributed by atoms with Gasteiger partial charge >= 0.3 is 0 Å². The van der Waals surface area contributed by atoms with Crippen LogP contribution in [0.25, 0.3) is 0 Å². The smallest absolute Gasteiger partial charge is 0.125 e. The van der Waals surface area contributed by atoms with Gasteiger partial charge < -0.3 is 15.9 Å². The van der Waals surface area contributed by atoms with Crippen molar-refractivity contribution < 1.29 is 14.6 Å². The Morgan fingerprint density at radius 2 is 2.00 bits per heavy atom. The second-order valence-corrected chi connectivity index (χ2v) is 3.73. The molecule has 0 aromatic heterocycles. The van der Waals surface area contributed by atoms with Gasteiger partial charge in [0.05, 0.1) is 6.10 Å². The predicted molar refractivity (Wildman–Crippen MR) is 56.0 cm³/mol. The fourth-order valence-electron chi connectivity index (χ4n) is 1.30. The standard InChI is InChI=1S/C10H13ClFNO2/c11-7-3-6(4-8(12)5-7)10(15)9(14)1-2-13/h3-5,9-10,14-15H,1-2,13H2. The molecule has 0 saturated heterocycles. The van der Waals surface area contributed by atoms with Gasteiger partial charge in [0.2, 0.25) is 0 Å². The van der Waals surface area contributed by atoms with Crippen molar-refractivity contribution in [1.82, 2.24) is 0 Å². The molecule has 4 N–H and O–H groups in total. The van der Waals surface area contributed by atoms with E-state index in [1.807, 2.05) is 0 Å². The molecule has 0 aliphatic rings. The summed E-state index contributed by atoms with van der Waals surface area (Å²) in [5.41, 5.74) is 5.48. The normalized spacial score (nSPS) is 15.0. The monoisotopic (exact) mass is 233 g/mol. The number of hydrogen-bond donors (Lipinski definition) is 3. The van der Waals surface area contributed by atoms with Crippen molar-refractivity contribution in [3.05, 3.63) is 34.6 Å². The molecule has 0 fully saturated rings. The van der Waals surface area contributed by atoms with Crippen molar-refractivity contribution in [2.45, 2.75) is 18.6 Å². The Balaban J connectivity index is 2.85. The number of halogens is 2. The third-order valence-corrected chi connectivity index (χ3v) is 2.27. The van der Waals surface area contributed by atoms with Crippen LogP contribution in [0.4, 0.5) is 4.39 Å². The number of hydrogen-bond acceptors (Lipinski definition) is 3. The van der Waals surface area contributed by atoms with Crippen LogP contribution in [0.3, 0.4) is 0 Å². The van der Waals surface area contributed by atoms with E-state index < -0.39 is 18.0 Å². The van der Waals surface area contributed by atoms with Gasteiger partial charge in [0.15, 0.2) is 0 Å². The molecule has 0 aliphatic carbocycles. The van der Waals surface area contributed by atoms with Crippen molar-refractivity contribution in [1.29, 1.82) is 0 Å². The summed E-state index contributed by atoms with van der Waals surface area (Å²) in [6.07, 6.45) is -1.93. The third kappa shape index (κ3) is 3.43. The molecular formula is C10H13ClFNO2. The van der Waals surface area contributed by atoms with Crippen molar-refractivity contribution >= 4 is 11.6 Å². The lowest BCUT2D eigenvalue weighted by Crippen LogP contribution is -2.21. The Hall–Kier alpha value is -0.680. The molecule has 0 bridgehead atoms. The van der Waals surface area contributed by atoms with E-state index in [1.54, 1.807) is 0 Å². The van der Waals surface area contributed by atoms with Gasteiger partial charge in [0.25, 0.3) is 0 Å². The van der Waals surface area contributed by atoms with E-state index in [1.165, 1.54) is 6.07 Å². The van der Waals surface area contributed by atoms with Gasteiger partial charge in [0.1, 0.15) is 11.9 Å². The summed E-state index contributed by atoms with van der Waals surface area (Å²) in [5.74, 6) is -0.545. The summed E-state index contributed by atoms with van der Waals surface area (Å²) in [7, 11) is 0. The molecule has 0 saturated carbocycles. The van der Waals surface area contributed by atoms with Crippen LogP contribution in [-0.2, 0) is 0 Å². The highest BCUT2D eigenvalue weighted by molar-refractivity contribution is 6.30. The van der Waals surface area contributed by atoms with Crippen LogP contribution >= 0.6 is 11.6 Å². The fraction of sp³-hybridized carbons (Fsp3) is 0.400. The third-order valence-electron chi connectivity index (χ3n) is 2.05. The first-order valence-electron chi connectivity index (χ1n) is 4.56. The summed E-state index contributed by atoms with van der Waals surface area (Å²) in [6, 6.07) is 3.68. The molecule has 1 aromatic rings. The van der Waals surface area contributed by atoms with Crippen molar-refractivity contribution in [3.8, 4) is 0 Å². The molecule has 1 rings (SSSR count). The number of aliphatic hydroxyl groups excluding tert-OH is 2. The molecule has 2 atom stereocenters. The van der Waals surface area contributed by atoms with Crippen LogP contribution < -0.4 is 5.73 Å². The first-order chi connectivity index (χ1) is 7.04. The second-order valence-electron chi connectivity index (χ2n) is 3.29. The van der Waals surface area contributed by atoms with E-state index in [9.17, 15) is 14.6 Å². The summed E-state index contributed by atoms with van der Waals surface area (Å²) in [6.45, 7) is 0.251. The average Bonchev–Trinajstić information content (AvgIpc) is 2.15. The Morgan fingerprint density at radius 3 is 2.53 bits per heavy atom. The van der Waals surface area contributed by atoms with E-state index in [4.69, 9.17) is 17.3 Å². The first-order valence-corrected chi connectivity index (χ1v) is 4.94. The van der Waals surface area contributed by atoms with Gasteiger partial charge in [-0.25, -0.2) is 4.39 Å². The van der Waals surface area contributed by atoms with Crippen molar-refractivity contribution in [2.75, 3.05) is 6.54 Å². The maximum atomic E-state index is 12.9. The van der Waals surface area contributed by atoms with Gasteiger partial charge in [-0.05, 0) is 36.7 Å². The van der Waals surface area contributed by atoms with Crippen molar-refractivity contribution in [2.24, 2.45) is 5.73 Å². The molecule has 0 spiro atoms. The van der Waals surface area contributed by atoms with Crippen LogP contribution in [0.5, 0.6) is 0 Å². The average molecular weight is 234 g/mol. The summed E-state index contributed by atoms with van der Waals surface area (Å²) >= 11 is 5.62. The highest BCUT2D eigenvalue weighted by atomic mass is 35.5. The van der Waals surface area contributed by atoms with Gasteiger partial charge in [-0.3, -0.25) is 0 Å². The molecule has 1 aromatic carbocycles. The molecule has 3 nitrogen and oxygen atoms in total. The number of nitrogens with two attached hydrogens (primary N) is 1. The van der Waals surface area contributed by atoms with E-state index >= 15 is 0 Å². The maximum absolute atomic E-state index is 12.9. The van der Waals surface area contributed by atoms with Gasteiger partial charge in [-0.1, -0.05) is 11.6 Å². The number of benzene rings is 1. The summed E-state index contributed by atoms with van der Waals surface area (Å²) in [5, 5.41) is 19.3. The minimum Gasteiger partial charge on any atom is -0.390 e. The Labute approximate surface area is 92.3 Å². The summed E-state index contributed by atoms with van der Waals surface area (Å²) < 4.78 is 12.9. The molecule has 5 heteroatoms. The molecule has 84 valence electrons. The van der Waals surface area contributed by atoms with Crippen LogP contribution in [0.2, 0.25) is 5.02 Å². The van der Waals surface area contributed by atoms with E-state index in [-0.39, 0.29) is 23.6 Å². The number of rotatable bonds is 4. The maximum Gasteiger partial charge on any atom is 0.125 e. The molecule has 0 radical (unpaired) electrons. The van der Waals surface area contributed by atoms with Crippen LogP contribution in [0, 0.1) is 5.82 Å². The SMILES string of the molecule is NCCC(O)C(O)c1cc(F)cc(Cl)c1. The van der Waals surface area contributed by atoms with Gasteiger partial charge in [0, 0.05) is 5.02 Å². The van der Waals surface area contributed by atoms with E-state index in [2.05, 4.69) is 0 Å². The molecule has 0 amide bonds. The van der Waals surface area contributed by atoms with E-state index in [0.717, 1.165) is 12.1 Å². The Kier molecular flexibility index (Phi) is 4.47. The fourth-order valence-corrected chi connectivity index (χ4v) is 1.53. The van der Waals surface area contributed by atoms with Gasteiger partial charge in [-0.2, -0.15) is 0 Å². The lowest BCUT2D eigenvalue weighted by molar-refractivity contribution is 0.0149. The quantitative estimate of drug-likeness (QED) is 0.733. The molecular weight excluding hydrogens is 221 g/mol. The summed E-state index contributed by atoms with van der Waals surface area (Å²) in [4.78, 5) is 0. The van der Waals surface area contributed by atoms with Gasteiger partial charge in [-0.15, -0.1) is 0 Å². The lowest BCUT2D eigenvalue weighted by atomic mass is 10.0. The van der Waals surface area contributed by atoms with E-state index in [0.29, 0.717) is 0 Å². The van der Waals surface area contributed by atoms with Crippen LogP contribution in [0.15, 0.2) is 18.2 Å². The molecule has 0 heterocycles. The minimum atomic E-state index is -1.17. The molecule has 0 aliphatic heterocycles. The molecule has 2 unspecified atom stereocenters. The lowest BCUT2D eigenvalue weighted by Gasteiger charge is -2.17. The zero-order valence-corrected chi connectivity index (χ0v) is 8.78. The Morgan fingerprint density at radius 1 is 1.33 bits per heavy atom. The molecule has 15 heavy (non-hydrogen) atoms. The topological polar surface area (TPSA) is 66.5 Å². The number of aliphatic hydroxyl groups is 2.